The second kappa shape index (κ2) is 8.84. The number of methoxy groups -OCH3 is 1. The number of benzene rings is 1. The van der Waals surface area contributed by atoms with Crippen molar-refractivity contribution in [1.29, 1.82) is 0 Å². The van der Waals surface area contributed by atoms with Crippen molar-refractivity contribution < 1.29 is 9.53 Å². The van der Waals surface area contributed by atoms with Gasteiger partial charge in [0.15, 0.2) is 5.82 Å². The third kappa shape index (κ3) is 4.23. The molecule has 2 aromatic rings. The molecular formula is C22H31N5O2. The average Bonchev–Trinajstić information content (AvgIpc) is 3.18. The topological polar surface area (TPSA) is 72.3 Å². The summed E-state index contributed by atoms with van der Waals surface area (Å²) in [4.78, 5) is 15.0. The molecule has 1 atom stereocenters. The van der Waals surface area contributed by atoms with E-state index in [-0.39, 0.29) is 12.1 Å². The summed E-state index contributed by atoms with van der Waals surface area (Å²) in [5, 5.41) is 12.0. The summed E-state index contributed by atoms with van der Waals surface area (Å²) in [5.41, 5.74) is 2.31. The highest BCUT2D eigenvalue weighted by Gasteiger charge is 2.32. The van der Waals surface area contributed by atoms with Gasteiger partial charge in [0.1, 0.15) is 11.6 Å². The summed E-state index contributed by atoms with van der Waals surface area (Å²) in [5.74, 6) is 2.91. The van der Waals surface area contributed by atoms with Gasteiger partial charge < -0.3 is 19.5 Å². The largest absolute Gasteiger partial charge is 0.496 e. The first kappa shape index (κ1) is 19.7. The molecule has 1 saturated heterocycles. The molecule has 4 rings (SSSR count). The van der Waals surface area contributed by atoms with Gasteiger partial charge in [-0.05, 0) is 57.1 Å². The summed E-state index contributed by atoms with van der Waals surface area (Å²) in [7, 11) is 1.68. The molecule has 1 N–H and O–H groups in total. The molecule has 0 aliphatic carbocycles. The van der Waals surface area contributed by atoms with Crippen LogP contribution >= 0.6 is 0 Å². The van der Waals surface area contributed by atoms with Crippen molar-refractivity contribution in [3.8, 4) is 5.75 Å². The number of carbonyl (C=O) groups excluding carboxylic acids is 1. The second-order valence-electron chi connectivity index (χ2n) is 8.09. The van der Waals surface area contributed by atoms with E-state index in [2.05, 4.69) is 33.1 Å². The number of hydrogen-bond donors (Lipinski definition) is 1. The van der Waals surface area contributed by atoms with Crippen molar-refractivity contribution in [2.24, 2.45) is 0 Å². The number of amides is 2. The lowest BCUT2D eigenvalue weighted by molar-refractivity contribution is 0.145. The number of nitrogens with zero attached hydrogens (tertiary/aromatic N) is 4. The van der Waals surface area contributed by atoms with Gasteiger partial charge in [-0.3, -0.25) is 0 Å². The fourth-order valence-corrected chi connectivity index (χ4v) is 4.53. The highest BCUT2D eigenvalue weighted by atomic mass is 16.5. The number of nitrogens with one attached hydrogen (secondary N) is 1. The van der Waals surface area contributed by atoms with E-state index in [1.807, 2.05) is 17.0 Å². The van der Waals surface area contributed by atoms with Gasteiger partial charge in [0, 0.05) is 26.1 Å². The van der Waals surface area contributed by atoms with Crippen molar-refractivity contribution in [2.45, 2.75) is 64.5 Å². The number of likely N-dealkylation sites (tertiary alicyclic amines) is 1. The van der Waals surface area contributed by atoms with E-state index in [1.165, 1.54) is 12.0 Å². The van der Waals surface area contributed by atoms with Crippen LogP contribution in [0.1, 0.15) is 60.9 Å². The molecule has 3 heterocycles. The molecule has 156 valence electrons. The van der Waals surface area contributed by atoms with Crippen molar-refractivity contribution in [3.05, 3.63) is 41.0 Å². The van der Waals surface area contributed by atoms with Crippen LogP contribution in [-0.2, 0) is 19.4 Å². The summed E-state index contributed by atoms with van der Waals surface area (Å²) < 4.78 is 7.70. The van der Waals surface area contributed by atoms with E-state index in [1.54, 1.807) is 7.11 Å². The molecule has 0 bridgehead atoms. The lowest BCUT2D eigenvalue weighted by Crippen LogP contribution is -2.46. The van der Waals surface area contributed by atoms with E-state index < -0.39 is 0 Å². The predicted octanol–water partition coefficient (Wildman–Crippen LogP) is 3.41. The number of aromatic nitrogens is 3. The Balaban J connectivity index is 1.42. The standard InChI is InChI=1S/C22H31N5O2/c1-16-9-10-19(29-2)17(15-16)11-12-23-22(28)26-13-5-3-7-18(26)21-25-24-20-8-4-6-14-27(20)21/h9-10,15,18H,3-8,11-14H2,1-2H3,(H,23,28). The predicted molar refractivity (Wildman–Crippen MR) is 111 cm³/mol. The number of hydrogen-bond acceptors (Lipinski definition) is 4. The number of aryl methyl sites for hydroxylation is 2. The minimum Gasteiger partial charge on any atom is -0.496 e. The molecule has 1 aromatic carbocycles. The molecule has 1 fully saturated rings. The normalized spacial score (nSPS) is 19.0. The maximum absolute atomic E-state index is 13.0. The van der Waals surface area contributed by atoms with E-state index in [9.17, 15) is 4.79 Å². The highest BCUT2D eigenvalue weighted by Crippen LogP contribution is 2.31. The summed E-state index contributed by atoms with van der Waals surface area (Å²) >= 11 is 0. The van der Waals surface area contributed by atoms with Crippen LogP contribution in [0.15, 0.2) is 18.2 Å². The Morgan fingerprint density at radius 2 is 2.07 bits per heavy atom. The Labute approximate surface area is 172 Å². The van der Waals surface area contributed by atoms with Crippen LogP contribution in [0.4, 0.5) is 4.79 Å². The van der Waals surface area contributed by atoms with E-state index in [0.29, 0.717) is 6.54 Å². The van der Waals surface area contributed by atoms with Gasteiger partial charge in [0.2, 0.25) is 0 Å². The zero-order valence-corrected chi connectivity index (χ0v) is 17.5. The third-order valence-corrected chi connectivity index (χ3v) is 6.06. The van der Waals surface area contributed by atoms with Crippen molar-refractivity contribution in [1.82, 2.24) is 25.0 Å². The number of urea groups is 1. The minimum atomic E-state index is -0.00511. The zero-order valence-electron chi connectivity index (χ0n) is 17.5. The number of carbonyl (C=O) groups is 1. The summed E-state index contributed by atoms with van der Waals surface area (Å²) in [6.07, 6.45) is 7.19. The third-order valence-electron chi connectivity index (χ3n) is 6.06. The minimum absolute atomic E-state index is 0.00511. The fraction of sp³-hybridized carbons (Fsp3) is 0.591. The molecule has 29 heavy (non-hydrogen) atoms. The van der Waals surface area contributed by atoms with Gasteiger partial charge in [0.25, 0.3) is 0 Å². The molecule has 0 radical (unpaired) electrons. The SMILES string of the molecule is COc1ccc(C)cc1CCNC(=O)N1CCCCC1c1nnc2n1CCCC2. The highest BCUT2D eigenvalue weighted by molar-refractivity contribution is 5.74. The number of piperidine rings is 1. The number of fused-ring (bicyclic) bond motifs is 1. The molecular weight excluding hydrogens is 366 g/mol. The Hall–Kier alpha value is -2.57. The maximum Gasteiger partial charge on any atom is 0.318 e. The molecule has 1 unspecified atom stereocenters. The van der Waals surface area contributed by atoms with E-state index in [0.717, 1.165) is 74.6 Å². The zero-order chi connectivity index (χ0) is 20.2. The second-order valence-corrected chi connectivity index (χ2v) is 8.09. The van der Waals surface area contributed by atoms with Gasteiger partial charge >= 0.3 is 6.03 Å². The first-order valence-electron chi connectivity index (χ1n) is 10.8. The van der Waals surface area contributed by atoms with Crippen molar-refractivity contribution in [2.75, 3.05) is 20.2 Å². The quantitative estimate of drug-likeness (QED) is 0.839. The van der Waals surface area contributed by atoms with Gasteiger partial charge in [-0.2, -0.15) is 0 Å². The summed E-state index contributed by atoms with van der Waals surface area (Å²) in [6.45, 7) is 4.39. The van der Waals surface area contributed by atoms with Crippen LogP contribution in [0.5, 0.6) is 5.75 Å². The molecule has 2 aliphatic rings. The molecule has 2 amide bonds. The molecule has 7 nitrogen and oxygen atoms in total. The Bertz CT molecular complexity index is 863. The van der Waals surface area contributed by atoms with Crippen LogP contribution < -0.4 is 10.1 Å². The van der Waals surface area contributed by atoms with Crippen LogP contribution in [0.25, 0.3) is 0 Å². The average molecular weight is 398 g/mol. The Kier molecular flexibility index (Phi) is 6.02. The Morgan fingerprint density at radius 3 is 2.93 bits per heavy atom. The van der Waals surface area contributed by atoms with Crippen LogP contribution in [0.3, 0.4) is 0 Å². The molecule has 0 spiro atoms. The first-order valence-corrected chi connectivity index (χ1v) is 10.8. The molecule has 2 aliphatic heterocycles. The van der Waals surface area contributed by atoms with Crippen molar-refractivity contribution >= 4 is 6.03 Å². The van der Waals surface area contributed by atoms with Crippen LogP contribution in [-0.4, -0.2) is 45.9 Å². The lowest BCUT2D eigenvalue weighted by atomic mass is 10.0. The van der Waals surface area contributed by atoms with Crippen LogP contribution in [0, 0.1) is 6.92 Å². The monoisotopic (exact) mass is 397 g/mol. The van der Waals surface area contributed by atoms with E-state index >= 15 is 0 Å². The number of ether oxygens (including phenoxy) is 1. The molecule has 0 saturated carbocycles. The maximum atomic E-state index is 13.0. The van der Waals surface area contributed by atoms with Gasteiger partial charge in [0.05, 0.1) is 13.2 Å². The fourth-order valence-electron chi connectivity index (χ4n) is 4.53. The van der Waals surface area contributed by atoms with Gasteiger partial charge in [-0.1, -0.05) is 17.7 Å². The van der Waals surface area contributed by atoms with Crippen molar-refractivity contribution in [3.63, 3.8) is 0 Å². The Morgan fingerprint density at radius 1 is 1.21 bits per heavy atom. The van der Waals surface area contributed by atoms with E-state index in [4.69, 9.17) is 4.74 Å². The smallest absolute Gasteiger partial charge is 0.318 e. The number of rotatable bonds is 5. The van der Waals surface area contributed by atoms with Gasteiger partial charge in [-0.25, -0.2) is 4.79 Å². The lowest BCUT2D eigenvalue weighted by Gasteiger charge is -2.35. The van der Waals surface area contributed by atoms with Crippen LogP contribution in [0.2, 0.25) is 0 Å². The molecule has 1 aromatic heterocycles. The van der Waals surface area contributed by atoms with Gasteiger partial charge in [-0.15, -0.1) is 10.2 Å². The first-order chi connectivity index (χ1) is 14.2. The summed E-state index contributed by atoms with van der Waals surface area (Å²) in [6, 6.07) is 6.17. The molecule has 7 heteroatoms.